The van der Waals surface area contributed by atoms with E-state index in [4.69, 9.17) is 4.42 Å². The molecule has 0 N–H and O–H groups in total. The van der Waals surface area contributed by atoms with Crippen molar-refractivity contribution in [3.63, 3.8) is 0 Å². The van der Waals surface area contributed by atoms with E-state index in [2.05, 4.69) is 57.3 Å². The molecule has 1 heterocycles. The van der Waals surface area contributed by atoms with Crippen LogP contribution in [-0.2, 0) is 0 Å². The van der Waals surface area contributed by atoms with Gasteiger partial charge in [-0.3, -0.25) is 0 Å². The third-order valence-electron chi connectivity index (χ3n) is 5.70. The largest absolute Gasteiger partial charge is 0.416 e. The maximum atomic E-state index is 5.91. The number of aromatic nitrogens is 2. The number of rotatable bonds is 5. The first-order chi connectivity index (χ1) is 13.2. The van der Waals surface area contributed by atoms with Gasteiger partial charge >= 0.3 is 0 Å². The van der Waals surface area contributed by atoms with Gasteiger partial charge in [0.25, 0.3) is 0 Å². The zero-order valence-corrected chi connectivity index (χ0v) is 17.3. The fraction of sp³-hybridized carbons (Fsp3) is 0.391. The molecule has 1 aliphatic carbocycles. The van der Waals surface area contributed by atoms with E-state index in [1.54, 1.807) is 0 Å². The van der Waals surface area contributed by atoms with Gasteiger partial charge in [-0.2, -0.15) is 0 Å². The van der Waals surface area contributed by atoms with E-state index in [0.29, 0.717) is 17.7 Å². The molecular weight excluding hydrogens is 400 g/mol. The molecule has 0 saturated heterocycles. The minimum Gasteiger partial charge on any atom is -0.416 e. The molecule has 1 fully saturated rings. The highest BCUT2D eigenvalue weighted by Crippen LogP contribution is 2.38. The zero-order chi connectivity index (χ0) is 18.6. The topological polar surface area (TPSA) is 38.9 Å². The molecule has 0 aliphatic heterocycles. The second kappa shape index (κ2) is 8.39. The smallest absolute Gasteiger partial charge is 0.249 e. The van der Waals surface area contributed by atoms with Crippen molar-refractivity contribution in [2.24, 2.45) is 5.92 Å². The Morgan fingerprint density at radius 1 is 0.926 bits per heavy atom. The summed E-state index contributed by atoms with van der Waals surface area (Å²) in [5, 5.41) is 8.45. The molecule has 27 heavy (non-hydrogen) atoms. The van der Waals surface area contributed by atoms with E-state index in [1.807, 2.05) is 24.3 Å². The van der Waals surface area contributed by atoms with Crippen molar-refractivity contribution in [3.8, 4) is 22.9 Å². The summed E-state index contributed by atoms with van der Waals surface area (Å²) in [5.41, 5.74) is 3.33. The van der Waals surface area contributed by atoms with Crippen LogP contribution in [0.2, 0.25) is 0 Å². The van der Waals surface area contributed by atoms with E-state index in [0.717, 1.165) is 21.5 Å². The second-order valence-corrected chi connectivity index (χ2v) is 8.37. The van der Waals surface area contributed by atoms with Crippen molar-refractivity contribution < 1.29 is 4.42 Å². The summed E-state index contributed by atoms with van der Waals surface area (Å²) >= 11 is 3.54. The predicted octanol–water partition coefficient (Wildman–Crippen LogP) is 7.24. The molecule has 0 spiro atoms. The average Bonchev–Trinajstić information content (AvgIpc) is 3.19. The Labute approximate surface area is 169 Å². The van der Waals surface area contributed by atoms with Crippen LogP contribution in [0, 0.1) is 5.92 Å². The van der Waals surface area contributed by atoms with Gasteiger partial charge in [0.05, 0.1) is 5.56 Å². The van der Waals surface area contributed by atoms with Gasteiger partial charge in [0.1, 0.15) is 0 Å². The van der Waals surface area contributed by atoms with Crippen molar-refractivity contribution in [3.05, 3.63) is 58.6 Å². The SMILES string of the molecule is CCCC1CCC(c2ccc(-c3nnc(-c4ccccc4Br)o3)cc2)CC1. The van der Waals surface area contributed by atoms with Gasteiger partial charge < -0.3 is 4.42 Å². The third-order valence-corrected chi connectivity index (χ3v) is 6.39. The monoisotopic (exact) mass is 424 g/mol. The molecule has 2 aromatic carbocycles. The molecule has 3 nitrogen and oxygen atoms in total. The van der Waals surface area contributed by atoms with Gasteiger partial charge in [-0.25, -0.2) is 0 Å². The number of hydrogen-bond acceptors (Lipinski definition) is 3. The Hall–Kier alpha value is -1.94. The normalized spacial score (nSPS) is 19.9. The van der Waals surface area contributed by atoms with Crippen LogP contribution in [0.1, 0.15) is 56.9 Å². The molecule has 4 rings (SSSR count). The maximum Gasteiger partial charge on any atom is 0.249 e. The molecule has 0 amide bonds. The zero-order valence-electron chi connectivity index (χ0n) is 15.7. The summed E-state index contributed by atoms with van der Waals surface area (Å²) in [7, 11) is 0. The lowest BCUT2D eigenvalue weighted by molar-refractivity contribution is 0.308. The van der Waals surface area contributed by atoms with Gasteiger partial charge in [-0.05, 0) is 83.3 Å². The van der Waals surface area contributed by atoms with Crippen LogP contribution in [0.3, 0.4) is 0 Å². The van der Waals surface area contributed by atoms with E-state index in [-0.39, 0.29) is 0 Å². The van der Waals surface area contributed by atoms with E-state index >= 15 is 0 Å². The first-order valence-corrected chi connectivity index (χ1v) is 10.7. The van der Waals surface area contributed by atoms with E-state index in [1.165, 1.54) is 44.1 Å². The Morgan fingerprint density at radius 3 is 2.33 bits per heavy atom. The predicted molar refractivity (Wildman–Crippen MR) is 112 cm³/mol. The average molecular weight is 425 g/mol. The van der Waals surface area contributed by atoms with Crippen molar-refractivity contribution in [1.29, 1.82) is 0 Å². The van der Waals surface area contributed by atoms with Crippen LogP contribution in [0.5, 0.6) is 0 Å². The number of hydrogen-bond donors (Lipinski definition) is 0. The van der Waals surface area contributed by atoms with Gasteiger partial charge in [-0.15, -0.1) is 10.2 Å². The van der Waals surface area contributed by atoms with Gasteiger partial charge in [-0.1, -0.05) is 44.0 Å². The molecule has 1 saturated carbocycles. The summed E-state index contributed by atoms with van der Waals surface area (Å²) in [5.74, 6) is 2.75. The molecule has 0 unspecified atom stereocenters. The lowest BCUT2D eigenvalue weighted by atomic mass is 9.77. The van der Waals surface area contributed by atoms with Crippen molar-refractivity contribution >= 4 is 15.9 Å². The first kappa shape index (κ1) is 18.4. The molecular formula is C23H25BrN2O. The van der Waals surface area contributed by atoms with Gasteiger partial charge in [0, 0.05) is 10.0 Å². The fourth-order valence-corrected chi connectivity index (χ4v) is 4.63. The molecule has 1 aromatic heterocycles. The van der Waals surface area contributed by atoms with Crippen LogP contribution in [0.25, 0.3) is 22.9 Å². The minimum atomic E-state index is 0.538. The highest BCUT2D eigenvalue weighted by atomic mass is 79.9. The summed E-state index contributed by atoms with van der Waals surface area (Å²) < 4.78 is 6.86. The van der Waals surface area contributed by atoms with E-state index in [9.17, 15) is 0 Å². The molecule has 140 valence electrons. The molecule has 3 aromatic rings. The molecule has 1 aliphatic rings. The molecule has 0 atom stereocenters. The lowest BCUT2D eigenvalue weighted by Gasteiger charge is -2.28. The van der Waals surface area contributed by atoms with Crippen LogP contribution >= 0.6 is 15.9 Å². The van der Waals surface area contributed by atoms with Crippen molar-refractivity contribution in [1.82, 2.24) is 10.2 Å². The quantitative estimate of drug-likeness (QED) is 0.433. The highest BCUT2D eigenvalue weighted by molar-refractivity contribution is 9.10. The molecule has 4 heteroatoms. The molecule has 0 bridgehead atoms. The fourth-order valence-electron chi connectivity index (χ4n) is 4.17. The Balaban J connectivity index is 1.46. The summed E-state index contributed by atoms with van der Waals surface area (Å²) in [6.45, 7) is 2.30. The summed E-state index contributed by atoms with van der Waals surface area (Å²) in [6, 6.07) is 16.6. The standard InChI is InChI=1S/C23H25BrN2O/c1-2-5-16-8-10-17(11-9-16)18-12-14-19(15-13-18)22-25-26-23(27-22)20-6-3-4-7-21(20)24/h3-4,6-7,12-17H,2,5,8-11H2,1H3. The maximum absolute atomic E-state index is 5.91. The molecule has 0 radical (unpaired) electrons. The van der Waals surface area contributed by atoms with E-state index < -0.39 is 0 Å². The van der Waals surface area contributed by atoms with Gasteiger partial charge in [0.2, 0.25) is 11.8 Å². The highest BCUT2D eigenvalue weighted by Gasteiger charge is 2.22. The van der Waals surface area contributed by atoms with Gasteiger partial charge in [0.15, 0.2) is 0 Å². The second-order valence-electron chi connectivity index (χ2n) is 7.52. The van der Waals surface area contributed by atoms with Crippen LogP contribution in [0.4, 0.5) is 0 Å². The van der Waals surface area contributed by atoms with Crippen molar-refractivity contribution in [2.75, 3.05) is 0 Å². The summed E-state index contributed by atoms with van der Waals surface area (Å²) in [6.07, 6.45) is 8.09. The van der Waals surface area contributed by atoms with Crippen molar-refractivity contribution in [2.45, 2.75) is 51.4 Å². The lowest BCUT2D eigenvalue weighted by Crippen LogP contribution is -2.13. The minimum absolute atomic E-state index is 0.538. The summed E-state index contributed by atoms with van der Waals surface area (Å²) in [4.78, 5) is 0. The van der Waals surface area contributed by atoms with Crippen LogP contribution in [0.15, 0.2) is 57.4 Å². The number of benzene rings is 2. The Bertz CT molecular complexity index is 879. The third kappa shape index (κ3) is 4.16. The number of nitrogens with zero attached hydrogens (tertiary/aromatic N) is 2. The Morgan fingerprint density at radius 2 is 1.63 bits per heavy atom. The first-order valence-electron chi connectivity index (χ1n) is 9.93. The van der Waals surface area contributed by atoms with Crippen LogP contribution < -0.4 is 0 Å². The van der Waals surface area contributed by atoms with Crippen LogP contribution in [-0.4, -0.2) is 10.2 Å². The number of halogens is 1. The Kier molecular flexibility index (Phi) is 5.72.